The minimum absolute atomic E-state index is 0.174. The molecular formula is C42H66FN7O9. The summed E-state index contributed by atoms with van der Waals surface area (Å²) in [5, 5.41) is 26.2. The van der Waals surface area contributed by atoms with Gasteiger partial charge in [0.1, 0.15) is 29.5 Å². The van der Waals surface area contributed by atoms with Crippen molar-refractivity contribution in [2.75, 3.05) is 33.0 Å². The average molecular weight is 832 g/mol. The number of Topliss-reactive ketones (excluding diaryl/α,β-unsaturated/α-hetero) is 1. The number of carbonyl (C=O) groups is 3. The number of likely N-dealkylation sites (N-methyl/N-ethyl adjacent to an activating group) is 1. The van der Waals surface area contributed by atoms with Crippen molar-refractivity contribution in [3.63, 3.8) is 0 Å². The molecule has 5 rings (SSSR count). The topological polar surface area (TPSA) is 202 Å². The lowest BCUT2D eigenvalue weighted by atomic mass is 9.77. The summed E-state index contributed by atoms with van der Waals surface area (Å²) in [4.78, 5) is 43.7. The maximum atomic E-state index is 17.1. The Morgan fingerprint density at radius 1 is 1.12 bits per heavy atom. The average Bonchev–Trinajstić information content (AvgIpc) is 3.77. The van der Waals surface area contributed by atoms with Gasteiger partial charge in [-0.15, -0.1) is 5.10 Å². The molecule has 0 spiro atoms. The van der Waals surface area contributed by atoms with Crippen LogP contribution in [0.5, 0.6) is 0 Å². The first kappa shape index (κ1) is 46.3. The third-order valence-electron chi connectivity index (χ3n) is 12.5. The number of aryl methyl sites for hydroxylation is 1. The fraction of sp³-hybridized carbons (Fsp3) is 0.738. The predicted octanol–water partition coefficient (Wildman–Crippen LogP) is 4.03. The Bertz CT molecular complexity index is 1770. The molecule has 3 aliphatic rings. The number of anilines is 1. The van der Waals surface area contributed by atoms with Gasteiger partial charge in [-0.05, 0) is 86.4 Å². The number of fused-ring (bicyclic) bond motifs is 1. The van der Waals surface area contributed by atoms with Crippen molar-refractivity contribution < 1.29 is 47.6 Å². The number of amides is 1. The van der Waals surface area contributed by atoms with E-state index in [0.29, 0.717) is 43.7 Å². The number of rotatable bonds is 11. The van der Waals surface area contributed by atoms with Crippen molar-refractivity contribution in [2.24, 2.45) is 11.8 Å². The first-order chi connectivity index (χ1) is 27.8. The Kier molecular flexibility index (Phi) is 14.8. The molecule has 17 heteroatoms. The summed E-state index contributed by atoms with van der Waals surface area (Å²) in [7, 11) is 3.15. The molecule has 13 atom stereocenters. The number of ether oxygens (including phenoxy) is 5. The minimum Gasteiger partial charge on any atom is -0.458 e. The highest BCUT2D eigenvalue weighted by molar-refractivity contribution is 6.00. The van der Waals surface area contributed by atoms with Crippen LogP contribution in [0.2, 0.25) is 0 Å². The number of unbranched alkanes of at least 4 members (excludes halogenated alkanes) is 1. The minimum atomic E-state index is -1.95. The molecule has 330 valence electrons. The van der Waals surface area contributed by atoms with E-state index in [1.807, 2.05) is 45.2 Å². The molecule has 0 bridgehead atoms. The van der Waals surface area contributed by atoms with Crippen molar-refractivity contribution in [3.8, 4) is 11.3 Å². The molecule has 1 amide bonds. The standard InChI is InChI=1S/C42H66FN7O9/c1-11-32-42(8)35(50(39(54)59-42)18-13-12-17-49-21-31(47-48-49)28-15-14-16-29(44)20-28)27(5)46-23-40(6,43)22-41(7,55-10)36(25(3)33(51)26(4)37(53)57-32)58-38-34(52)30(45-9)19-24(2)56-38/h14-16,20-21,24-27,30,32,34-36,38,45-46,52H,11-13,17-19,22-23,44H2,1-10H3/t24?,25-,26+,27+,30?,32+,34?,35+,36+,38-,40?,41+,42+/m0/s1. The molecule has 1 aromatic carbocycles. The highest BCUT2D eigenvalue weighted by atomic mass is 19.1. The number of aromatic nitrogens is 3. The van der Waals surface area contributed by atoms with Crippen molar-refractivity contribution in [1.29, 1.82) is 0 Å². The van der Waals surface area contributed by atoms with E-state index in [1.165, 1.54) is 21.0 Å². The van der Waals surface area contributed by atoms with Crippen LogP contribution >= 0.6 is 0 Å². The number of ketones is 1. The molecule has 0 aliphatic carbocycles. The molecule has 3 saturated heterocycles. The Balaban J connectivity index is 1.40. The van der Waals surface area contributed by atoms with Crippen LogP contribution in [0.1, 0.15) is 87.5 Å². The van der Waals surface area contributed by atoms with E-state index in [2.05, 4.69) is 20.9 Å². The van der Waals surface area contributed by atoms with Crippen molar-refractivity contribution in [1.82, 2.24) is 30.5 Å². The number of nitrogen functional groups attached to an aromatic ring is 1. The summed E-state index contributed by atoms with van der Waals surface area (Å²) in [5.74, 6) is -3.64. The Morgan fingerprint density at radius 2 is 1.83 bits per heavy atom. The van der Waals surface area contributed by atoms with Gasteiger partial charge in [0.05, 0.1) is 30.0 Å². The van der Waals surface area contributed by atoms with E-state index in [4.69, 9.17) is 29.4 Å². The van der Waals surface area contributed by atoms with Gasteiger partial charge >= 0.3 is 12.1 Å². The molecule has 4 unspecified atom stereocenters. The summed E-state index contributed by atoms with van der Waals surface area (Å²) in [6.07, 6.45) is -1.66. The fourth-order valence-corrected chi connectivity index (χ4v) is 9.24. The molecule has 2 aromatic rings. The number of nitrogens with one attached hydrogen (secondary N) is 2. The number of nitrogens with two attached hydrogens (primary N) is 1. The summed E-state index contributed by atoms with van der Waals surface area (Å²) in [6, 6.07) is 5.79. The number of aliphatic hydroxyl groups excluding tert-OH is 1. The summed E-state index contributed by atoms with van der Waals surface area (Å²) < 4.78 is 49.6. The van der Waals surface area contributed by atoms with Crippen LogP contribution in [0.25, 0.3) is 11.3 Å². The largest absolute Gasteiger partial charge is 0.458 e. The lowest BCUT2D eigenvalue weighted by Crippen LogP contribution is -2.62. The smallest absolute Gasteiger partial charge is 0.410 e. The number of hydrogen-bond acceptors (Lipinski definition) is 14. The highest BCUT2D eigenvalue weighted by Gasteiger charge is 2.59. The van der Waals surface area contributed by atoms with Gasteiger partial charge in [0.15, 0.2) is 17.7 Å². The molecular weight excluding hydrogens is 765 g/mol. The van der Waals surface area contributed by atoms with Gasteiger partial charge in [-0.3, -0.25) is 19.2 Å². The van der Waals surface area contributed by atoms with E-state index in [0.717, 1.165) is 5.56 Å². The molecule has 16 nitrogen and oxygen atoms in total. The van der Waals surface area contributed by atoms with Crippen LogP contribution in [0.15, 0.2) is 30.5 Å². The monoisotopic (exact) mass is 831 g/mol. The molecule has 5 N–H and O–H groups in total. The first-order valence-electron chi connectivity index (χ1n) is 20.9. The number of carbonyl (C=O) groups excluding carboxylic acids is 3. The Labute approximate surface area is 347 Å². The second kappa shape index (κ2) is 18.9. The van der Waals surface area contributed by atoms with E-state index in [9.17, 15) is 19.5 Å². The van der Waals surface area contributed by atoms with Crippen LogP contribution in [0.4, 0.5) is 14.9 Å². The van der Waals surface area contributed by atoms with Crippen molar-refractivity contribution in [2.45, 2.75) is 160 Å². The Hall–Kier alpha value is -3.74. The SMILES string of the molecule is CC[C@H]1OC(=O)[C@H](C)C(=O)[C@H](C)[C@@H](O[C@@H]2OC(C)CC(NC)C2O)[C@](C)(OC)CC(C)(F)CN[C@H](C)[C@H]2N(CCCCn3cc(-c4cccc(N)c4)nn3)C(=O)O[C@]12C. The number of halogens is 1. The quantitative estimate of drug-likeness (QED) is 0.109. The summed E-state index contributed by atoms with van der Waals surface area (Å²) >= 11 is 0. The number of methoxy groups -OCH3 is 1. The van der Waals surface area contributed by atoms with Gasteiger partial charge in [0.25, 0.3) is 0 Å². The zero-order chi connectivity index (χ0) is 43.4. The number of alkyl halides is 1. The molecule has 1 aromatic heterocycles. The van der Waals surface area contributed by atoms with Crippen molar-refractivity contribution >= 4 is 23.5 Å². The van der Waals surface area contributed by atoms with Crippen molar-refractivity contribution in [3.05, 3.63) is 30.5 Å². The van der Waals surface area contributed by atoms with Crippen LogP contribution in [-0.4, -0.2) is 136 Å². The third kappa shape index (κ3) is 10.2. The van der Waals surface area contributed by atoms with Gasteiger partial charge in [-0.25, -0.2) is 9.18 Å². The predicted molar refractivity (Wildman–Crippen MR) is 218 cm³/mol. The molecule has 4 heterocycles. The third-order valence-corrected chi connectivity index (χ3v) is 12.5. The molecule has 0 saturated carbocycles. The fourth-order valence-electron chi connectivity index (χ4n) is 9.24. The van der Waals surface area contributed by atoms with Gasteiger partial charge < -0.3 is 45.2 Å². The highest BCUT2D eigenvalue weighted by Crippen LogP contribution is 2.41. The number of esters is 1. The first-order valence-corrected chi connectivity index (χ1v) is 20.9. The molecule has 0 radical (unpaired) electrons. The molecule has 3 aliphatic heterocycles. The number of hydrogen-bond donors (Lipinski definition) is 4. The Morgan fingerprint density at radius 3 is 2.49 bits per heavy atom. The number of benzene rings is 1. The van der Waals surface area contributed by atoms with Gasteiger partial charge in [0.2, 0.25) is 0 Å². The van der Waals surface area contributed by atoms with Crippen LogP contribution in [0.3, 0.4) is 0 Å². The number of nitrogens with zero attached hydrogens (tertiary/aromatic N) is 4. The van der Waals surface area contributed by atoms with Gasteiger partial charge in [-0.2, -0.15) is 0 Å². The van der Waals surface area contributed by atoms with E-state index < -0.39 is 83.2 Å². The van der Waals surface area contributed by atoms with Gasteiger partial charge in [0, 0.05) is 62.4 Å². The second-order valence-electron chi connectivity index (χ2n) is 17.4. The molecule has 3 fully saturated rings. The van der Waals surface area contributed by atoms with E-state index in [1.54, 1.807) is 43.5 Å². The number of cyclic esters (lactones) is 1. The zero-order valence-corrected chi connectivity index (χ0v) is 36.3. The van der Waals surface area contributed by atoms with Crippen LogP contribution < -0.4 is 16.4 Å². The summed E-state index contributed by atoms with van der Waals surface area (Å²) in [6.45, 7) is 14.1. The van der Waals surface area contributed by atoms with Crippen LogP contribution in [-0.2, 0) is 39.8 Å². The maximum Gasteiger partial charge on any atom is 0.410 e. The zero-order valence-electron chi connectivity index (χ0n) is 36.3. The molecule has 59 heavy (non-hydrogen) atoms. The van der Waals surface area contributed by atoms with E-state index in [-0.39, 0.29) is 31.5 Å². The van der Waals surface area contributed by atoms with Gasteiger partial charge in [-0.1, -0.05) is 31.2 Å². The summed E-state index contributed by atoms with van der Waals surface area (Å²) in [5.41, 5.74) is 3.35. The lowest BCUT2D eigenvalue weighted by molar-refractivity contribution is -0.291. The normalized spacial score (nSPS) is 37.6. The maximum absolute atomic E-state index is 17.1. The number of aliphatic hydroxyl groups is 1. The van der Waals surface area contributed by atoms with E-state index >= 15 is 4.39 Å². The van der Waals surface area contributed by atoms with Crippen LogP contribution in [0, 0.1) is 11.8 Å². The lowest BCUT2D eigenvalue weighted by Gasteiger charge is -2.46. The second-order valence-corrected chi connectivity index (χ2v) is 17.4.